The molecule has 0 aliphatic heterocycles. The highest BCUT2D eigenvalue weighted by Crippen LogP contribution is 2.44. The fourth-order valence-corrected chi connectivity index (χ4v) is 4.32. The highest BCUT2D eigenvalue weighted by molar-refractivity contribution is 5.97. The van der Waals surface area contributed by atoms with E-state index in [1.807, 2.05) is 48.5 Å². The molecule has 0 fully saturated rings. The lowest BCUT2D eigenvalue weighted by molar-refractivity contribution is -0.137. The maximum Gasteiger partial charge on any atom is 0.407 e. The largest absolute Gasteiger partial charge is 0.481 e. The number of hydrogen-bond donors (Lipinski definition) is 3. The number of carbonyl (C=O) groups excluding carboxylic acids is 2. The summed E-state index contributed by atoms with van der Waals surface area (Å²) < 4.78 is 19.6. The Morgan fingerprint density at radius 2 is 1.60 bits per heavy atom. The Morgan fingerprint density at radius 3 is 2.20 bits per heavy atom. The average molecular weight is 477 g/mol. The Hall–Kier alpha value is -4.20. The van der Waals surface area contributed by atoms with Crippen LogP contribution in [0.15, 0.2) is 66.7 Å². The topological polar surface area (TPSA) is 105 Å². The average Bonchev–Trinajstić information content (AvgIpc) is 3.16. The molecule has 0 saturated heterocycles. The van der Waals surface area contributed by atoms with E-state index in [1.165, 1.54) is 12.1 Å². The Morgan fingerprint density at radius 1 is 0.971 bits per heavy atom. The Kier molecular flexibility index (Phi) is 7.10. The van der Waals surface area contributed by atoms with E-state index in [2.05, 4.69) is 10.6 Å². The molecule has 3 aromatic carbocycles. The number of amides is 2. The molecule has 4 rings (SSSR count). The minimum absolute atomic E-state index is 0.0211. The van der Waals surface area contributed by atoms with Crippen molar-refractivity contribution >= 4 is 23.7 Å². The predicted octanol–water partition coefficient (Wildman–Crippen LogP) is 4.84. The number of fused-ring (bicyclic) bond motifs is 3. The molecule has 1 atom stereocenters. The fraction of sp³-hybridized carbons (Fsp3) is 0.222. The van der Waals surface area contributed by atoms with Gasteiger partial charge < -0.3 is 20.5 Å². The van der Waals surface area contributed by atoms with E-state index in [9.17, 15) is 18.8 Å². The summed E-state index contributed by atoms with van der Waals surface area (Å²) >= 11 is 0. The molecule has 1 aliphatic rings. The Labute approximate surface area is 201 Å². The molecule has 1 unspecified atom stereocenters. The van der Waals surface area contributed by atoms with E-state index in [-0.39, 0.29) is 31.1 Å². The van der Waals surface area contributed by atoms with Crippen LogP contribution < -0.4 is 10.6 Å². The van der Waals surface area contributed by atoms with Gasteiger partial charge in [-0.3, -0.25) is 9.59 Å². The van der Waals surface area contributed by atoms with Crippen LogP contribution in [0.3, 0.4) is 0 Å². The first-order valence-corrected chi connectivity index (χ1v) is 11.2. The zero-order valence-electron chi connectivity index (χ0n) is 19.1. The molecular formula is C27H25FN2O5. The highest BCUT2D eigenvalue weighted by Gasteiger charge is 2.30. The Balaban J connectivity index is 1.45. The number of alkyl carbamates (subject to hydrolysis) is 1. The van der Waals surface area contributed by atoms with Crippen LogP contribution in [0, 0.1) is 12.7 Å². The van der Waals surface area contributed by atoms with Gasteiger partial charge in [-0.2, -0.15) is 0 Å². The second-order valence-corrected chi connectivity index (χ2v) is 8.38. The molecule has 0 heterocycles. The number of para-hydroxylation sites is 1. The van der Waals surface area contributed by atoms with E-state index in [1.54, 1.807) is 13.0 Å². The third kappa shape index (κ3) is 5.32. The summed E-state index contributed by atoms with van der Waals surface area (Å²) in [6.45, 7) is 1.67. The molecule has 35 heavy (non-hydrogen) atoms. The molecule has 180 valence electrons. The molecule has 0 radical (unpaired) electrons. The van der Waals surface area contributed by atoms with Crippen LogP contribution in [0.4, 0.5) is 14.9 Å². The van der Waals surface area contributed by atoms with Gasteiger partial charge in [-0.15, -0.1) is 0 Å². The van der Waals surface area contributed by atoms with Crippen LogP contribution in [0.5, 0.6) is 0 Å². The summed E-state index contributed by atoms with van der Waals surface area (Å²) in [7, 11) is 0. The van der Waals surface area contributed by atoms with E-state index < -0.39 is 29.8 Å². The van der Waals surface area contributed by atoms with Crippen LogP contribution in [0.25, 0.3) is 11.1 Å². The first-order valence-electron chi connectivity index (χ1n) is 11.2. The normalized spacial score (nSPS) is 12.9. The van der Waals surface area contributed by atoms with Gasteiger partial charge in [-0.25, -0.2) is 9.18 Å². The van der Waals surface area contributed by atoms with E-state index in [0.717, 1.165) is 22.3 Å². The van der Waals surface area contributed by atoms with Gasteiger partial charge >= 0.3 is 12.1 Å². The van der Waals surface area contributed by atoms with Gasteiger partial charge in [0.1, 0.15) is 18.5 Å². The molecule has 0 saturated carbocycles. The zero-order valence-corrected chi connectivity index (χ0v) is 19.1. The van der Waals surface area contributed by atoms with Crippen molar-refractivity contribution in [2.75, 3.05) is 11.9 Å². The molecule has 0 aromatic heterocycles. The number of carboxylic acids is 1. The van der Waals surface area contributed by atoms with Gasteiger partial charge in [0.15, 0.2) is 0 Å². The first kappa shape index (κ1) is 23.9. The molecule has 3 N–H and O–H groups in total. The molecular weight excluding hydrogens is 451 g/mol. The van der Waals surface area contributed by atoms with Crippen LogP contribution in [0.2, 0.25) is 0 Å². The number of nitrogens with one attached hydrogen (secondary N) is 2. The molecule has 2 amide bonds. The SMILES string of the molecule is Cc1cccc(F)c1NC(=O)C(CCC(=O)O)NC(=O)OCC1c2ccccc2-c2ccccc21. The summed E-state index contributed by atoms with van der Waals surface area (Å²) in [5, 5.41) is 14.0. The number of rotatable bonds is 8. The monoisotopic (exact) mass is 476 g/mol. The quantitative estimate of drug-likeness (QED) is 0.431. The number of carbonyl (C=O) groups is 3. The molecule has 8 heteroatoms. The number of hydrogen-bond acceptors (Lipinski definition) is 4. The number of aliphatic carboxylic acids is 1. The lowest BCUT2D eigenvalue weighted by atomic mass is 9.98. The van der Waals surface area contributed by atoms with Crippen molar-refractivity contribution in [3.63, 3.8) is 0 Å². The minimum Gasteiger partial charge on any atom is -0.481 e. The van der Waals surface area contributed by atoms with Crippen LogP contribution in [-0.2, 0) is 14.3 Å². The van der Waals surface area contributed by atoms with Crippen molar-refractivity contribution in [3.8, 4) is 11.1 Å². The predicted molar refractivity (Wildman–Crippen MR) is 129 cm³/mol. The van der Waals surface area contributed by atoms with Gasteiger partial charge in [0.2, 0.25) is 5.91 Å². The third-order valence-corrected chi connectivity index (χ3v) is 6.07. The van der Waals surface area contributed by atoms with Gasteiger partial charge in [-0.05, 0) is 47.2 Å². The van der Waals surface area contributed by atoms with E-state index >= 15 is 0 Å². The summed E-state index contributed by atoms with van der Waals surface area (Å²) in [6, 6.07) is 18.9. The maximum atomic E-state index is 14.2. The number of anilines is 1. The summed E-state index contributed by atoms with van der Waals surface area (Å²) in [6.07, 6.45) is -1.40. The van der Waals surface area contributed by atoms with Crippen molar-refractivity contribution in [3.05, 3.63) is 89.2 Å². The maximum absolute atomic E-state index is 14.2. The van der Waals surface area contributed by atoms with Crippen molar-refractivity contribution in [1.82, 2.24) is 5.32 Å². The number of carboxylic acid groups (broad SMARTS) is 1. The van der Waals surface area contributed by atoms with Crippen molar-refractivity contribution < 1.29 is 28.6 Å². The summed E-state index contributed by atoms with van der Waals surface area (Å²) in [4.78, 5) is 36.5. The lowest BCUT2D eigenvalue weighted by Gasteiger charge is -2.20. The van der Waals surface area contributed by atoms with Gasteiger partial charge in [0.25, 0.3) is 0 Å². The van der Waals surface area contributed by atoms with Crippen LogP contribution >= 0.6 is 0 Å². The number of benzene rings is 3. The van der Waals surface area contributed by atoms with Gasteiger partial charge in [-0.1, -0.05) is 60.7 Å². The summed E-state index contributed by atoms with van der Waals surface area (Å²) in [5.74, 6) is -2.65. The zero-order chi connectivity index (χ0) is 24.9. The van der Waals surface area contributed by atoms with E-state index in [0.29, 0.717) is 5.56 Å². The summed E-state index contributed by atoms with van der Waals surface area (Å²) in [5.41, 5.74) is 4.71. The lowest BCUT2D eigenvalue weighted by Crippen LogP contribution is -2.44. The smallest absolute Gasteiger partial charge is 0.407 e. The third-order valence-electron chi connectivity index (χ3n) is 6.07. The molecule has 7 nitrogen and oxygen atoms in total. The molecule has 3 aromatic rings. The first-order chi connectivity index (χ1) is 16.8. The van der Waals surface area contributed by atoms with Crippen molar-refractivity contribution in [1.29, 1.82) is 0 Å². The van der Waals surface area contributed by atoms with Crippen molar-refractivity contribution in [2.24, 2.45) is 0 Å². The number of aryl methyl sites for hydroxylation is 1. The standard InChI is InChI=1S/C27H25FN2O5/c1-16-7-6-12-22(28)25(16)30-26(33)23(13-14-24(31)32)29-27(34)35-15-21-19-10-4-2-8-17(19)18-9-3-5-11-20(18)21/h2-12,21,23H,13-15H2,1H3,(H,29,34)(H,30,33)(H,31,32). The number of halogens is 1. The van der Waals surface area contributed by atoms with Gasteiger partial charge in [0.05, 0.1) is 5.69 Å². The second kappa shape index (κ2) is 10.4. The highest BCUT2D eigenvalue weighted by atomic mass is 19.1. The minimum atomic E-state index is -1.22. The molecule has 0 bridgehead atoms. The van der Waals surface area contributed by atoms with Crippen LogP contribution in [-0.4, -0.2) is 35.7 Å². The van der Waals surface area contributed by atoms with Gasteiger partial charge in [0, 0.05) is 12.3 Å². The molecule has 0 spiro atoms. The van der Waals surface area contributed by atoms with Crippen molar-refractivity contribution in [2.45, 2.75) is 31.7 Å². The van der Waals surface area contributed by atoms with Crippen LogP contribution in [0.1, 0.15) is 35.4 Å². The second-order valence-electron chi connectivity index (χ2n) is 8.38. The fourth-order valence-electron chi connectivity index (χ4n) is 4.32. The molecule has 1 aliphatic carbocycles. The Bertz CT molecular complexity index is 1210. The van der Waals surface area contributed by atoms with E-state index in [4.69, 9.17) is 9.84 Å². The number of ether oxygens (including phenoxy) is 1.